The number of carbonyl (C=O) groups is 1. The van der Waals surface area contributed by atoms with Crippen LogP contribution in [-0.4, -0.2) is 37.0 Å². The molecule has 0 bridgehead atoms. The minimum atomic E-state index is 0.180. The van der Waals surface area contributed by atoms with Gasteiger partial charge in [0.1, 0.15) is 0 Å². The normalized spacial score (nSPS) is 14.8. The number of hydrogen-bond donors (Lipinski definition) is 1. The number of amides is 1. The molecule has 1 amide bonds. The van der Waals surface area contributed by atoms with Gasteiger partial charge in [-0.25, -0.2) is 0 Å². The Balaban J connectivity index is 1.57. The maximum absolute atomic E-state index is 12.4. The van der Waals surface area contributed by atoms with Crippen LogP contribution in [0, 0.1) is 6.92 Å². The van der Waals surface area contributed by atoms with Gasteiger partial charge in [0.25, 0.3) is 0 Å². The molecule has 0 saturated carbocycles. The molecule has 0 aliphatic carbocycles. The van der Waals surface area contributed by atoms with Crippen molar-refractivity contribution >= 4 is 17.3 Å². The summed E-state index contributed by atoms with van der Waals surface area (Å²) in [6, 6.07) is 16.1. The second-order valence-electron chi connectivity index (χ2n) is 6.13. The van der Waals surface area contributed by atoms with Crippen molar-refractivity contribution in [1.82, 2.24) is 4.90 Å². The van der Waals surface area contributed by atoms with E-state index in [1.807, 2.05) is 29.2 Å². The van der Waals surface area contributed by atoms with Crippen molar-refractivity contribution in [2.45, 2.75) is 13.3 Å². The van der Waals surface area contributed by atoms with Gasteiger partial charge in [-0.05, 0) is 42.3 Å². The van der Waals surface area contributed by atoms with E-state index in [1.54, 1.807) is 0 Å². The first kappa shape index (κ1) is 15.4. The lowest BCUT2D eigenvalue weighted by molar-refractivity contribution is -0.130. The topological polar surface area (TPSA) is 49.6 Å². The summed E-state index contributed by atoms with van der Waals surface area (Å²) in [5.41, 5.74) is 9.98. The number of hydrogen-bond acceptors (Lipinski definition) is 3. The van der Waals surface area contributed by atoms with Crippen LogP contribution in [0.2, 0.25) is 0 Å². The van der Waals surface area contributed by atoms with Gasteiger partial charge >= 0.3 is 0 Å². The zero-order valence-corrected chi connectivity index (χ0v) is 13.5. The highest BCUT2D eigenvalue weighted by atomic mass is 16.2. The SMILES string of the molecule is Cc1cccc(N2CCN(C(=O)Cc3cccc(N)c3)CC2)c1. The van der Waals surface area contributed by atoms with E-state index in [0.717, 1.165) is 31.7 Å². The lowest BCUT2D eigenvalue weighted by Gasteiger charge is -2.36. The van der Waals surface area contributed by atoms with E-state index in [0.29, 0.717) is 12.1 Å². The first-order valence-corrected chi connectivity index (χ1v) is 8.05. The summed E-state index contributed by atoms with van der Waals surface area (Å²) < 4.78 is 0. The standard InChI is InChI=1S/C19H23N3O/c1-15-4-2-7-18(12-15)21-8-10-22(11-9-21)19(23)14-16-5-3-6-17(20)13-16/h2-7,12-13H,8-11,14,20H2,1H3. The number of nitrogen functional groups attached to an aromatic ring is 1. The van der Waals surface area contributed by atoms with E-state index < -0.39 is 0 Å². The number of carbonyl (C=O) groups excluding carboxylic acids is 1. The number of aryl methyl sites for hydroxylation is 1. The van der Waals surface area contributed by atoms with Crippen molar-refractivity contribution in [1.29, 1.82) is 0 Å². The lowest BCUT2D eigenvalue weighted by Crippen LogP contribution is -2.49. The molecule has 2 N–H and O–H groups in total. The third-order valence-electron chi connectivity index (χ3n) is 4.31. The molecule has 1 fully saturated rings. The van der Waals surface area contributed by atoms with Crippen LogP contribution in [0.5, 0.6) is 0 Å². The Kier molecular flexibility index (Phi) is 4.51. The highest BCUT2D eigenvalue weighted by Crippen LogP contribution is 2.18. The van der Waals surface area contributed by atoms with E-state index in [2.05, 4.69) is 36.1 Å². The highest BCUT2D eigenvalue weighted by Gasteiger charge is 2.21. The first-order valence-electron chi connectivity index (χ1n) is 8.05. The predicted molar refractivity (Wildman–Crippen MR) is 94.5 cm³/mol. The molecule has 2 aromatic carbocycles. The summed E-state index contributed by atoms with van der Waals surface area (Å²) >= 11 is 0. The molecule has 3 rings (SSSR count). The van der Waals surface area contributed by atoms with Gasteiger partial charge in [-0.3, -0.25) is 4.79 Å². The summed E-state index contributed by atoms with van der Waals surface area (Å²) in [5, 5.41) is 0. The van der Waals surface area contributed by atoms with Crippen LogP contribution < -0.4 is 10.6 Å². The molecule has 1 aliphatic rings. The number of piperazine rings is 1. The summed E-state index contributed by atoms with van der Waals surface area (Å²) in [5.74, 6) is 0.180. The molecule has 2 aromatic rings. The fourth-order valence-electron chi connectivity index (χ4n) is 3.03. The average Bonchev–Trinajstić information content (AvgIpc) is 2.55. The summed E-state index contributed by atoms with van der Waals surface area (Å²) in [6.07, 6.45) is 0.426. The van der Waals surface area contributed by atoms with Crippen molar-refractivity contribution < 1.29 is 4.79 Å². The Bertz CT molecular complexity index is 691. The molecule has 1 heterocycles. The van der Waals surface area contributed by atoms with E-state index in [9.17, 15) is 4.79 Å². The third kappa shape index (κ3) is 3.83. The number of nitrogens with two attached hydrogens (primary N) is 1. The first-order chi connectivity index (χ1) is 11.1. The maximum atomic E-state index is 12.4. The van der Waals surface area contributed by atoms with Crippen LogP contribution in [0.1, 0.15) is 11.1 Å². The summed E-state index contributed by atoms with van der Waals surface area (Å²) in [6.45, 7) is 5.41. The Morgan fingerprint density at radius 1 is 1.04 bits per heavy atom. The van der Waals surface area contributed by atoms with Crippen molar-refractivity contribution in [2.75, 3.05) is 36.8 Å². The molecule has 23 heavy (non-hydrogen) atoms. The molecule has 0 atom stereocenters. The van der Waals surface area contributed by atoms with Crippen LogP contribution in [-0.2, 0) is 11.2 Å². The predicted octanol–water partition coefficient (Wildman–Crippen LogP) is 2.47. The monoisotopic (exact) mass is 309 g/mol. The molecule has 4 heteroatoms. The van der Waals surface area contributed by atoms with E-state index >= 15 is 0 Å². The Labute approximate surface area is 137 Å². The van der Waals surface area contributed by atoms with Crippen LogP contribution in [0.3, 0.4) is 0 Å². The largest absolute Gasteiger partial charge is 0.399 e. The maximum Gasteiger partial charge on any atom is 0.227 e. The van der Waals surface area contributed by atoms with Gasteiger partial charge in [-0.15, -0.1) is 0 Å². The van der Waals surface area contributed by atoms with Gasteiger partial charge in [0.15, 0.2) is 0 Å². The number of anilines is 2. The zero-order valence-electron chi connectivity index (χ0n) is 13.5. The molecule has 0 aromatic heterocycles. The van der Waals surface area contributed by atoms with Gasteiger partial charge in [0, 0.05) is 37.6 Å². The zero-order chi connectivity index (χ0) is 16.2. The van der Waals surface area contributed by atoms with Gasteiger partial charge < -0.3 is 15.5 Å². The molecule has 0 radical (unpaired) electrons. The van der Waals surface area contributed by atoms with Crippen LogP contribution in [0.4, 0.5) is 11.4 Å². The van der Waals surface area contributed by atoms with Gasteiger partial charge in [0.05, 0.1) is 6.42 Å². The molecule has 1 aliphatic heterocycles. The molecule has 120 valence electrons. The van der Waals surface area contributed by atoms with Crippen LogP contribution in [0.15, 0.2) is 48.5 Å². The van der Waals surface area contributed by atoms with Crippen LogP contribution >= 0.6 is 0 Å². The van der Waals surface area contributed by atoms with E-state index in [4.69, 9.17) is 5.73 Å². The molecular weight excluding hydrogens is 286 g/mol. The quantitative estimate of drug-likeness (QED) is 0.886. The van der Waals surface area contributed by atoms with E-state index in [-0.39, 0.29) is 5.91 Å². The van der Waals surface area contributed by atoms with Gasteiger partial charge in [-0.1, -0.05) is 24.3 Å². The molecule has 4 nitrogen and oxygen atoms in total. The highest BCUT2D eigenvalue weighted by molar-refractivity contribution is 5.79. The lowest BCUT2D eigenvalue weighted by atomic mass is 10.1. The Morgan fingerprint density at radius 2 is 1.78 bits per heavy atom. The molecular formula is C19H23N3O. The number of rotatable bonds is 3. The van der Waals surface area contributed by atoms with Crippen LogP contribution in [0.25, 0.3) is 0 Å². The van der Waals surface area contributed by atoms with Crippen molar-refractivity contribution in [3.05, 3.63) is 59.7 Å². The number of benzene rings is 2. The second-order valence-corrected chi connectivity index (χ2v) is 6.13. The summed E-state index contributed by atoms with van der Waals surface area (Å²) in [4.78, 5) is 16.7. The van der Waals surface area contributed by atoms with Crippen molar-refractivity contribution in [3.8, 4) is 0 Å². The minimum absolute atomic E-state index is 0.180. The van der Waals surface area contributed by atoms with Crippen molar-refractivity contribution in [3.63, 3.8) is 0 Å². The Hall–Kier alpha value is -2.49. The summed E-state index contributed by atoms with van der Waals surface area (Å²) in [7, 11) is 0. The number of nitrogens with zero attached hydrogens (tertiary/aromatic N) is 2. The second kappa shape index (κ2) is 6.73. The minimum Gasteiger partial charge on any atom is -0.399 e. The van der Waals surface area contributed by atoms with Gasteiger partial charge in [-0.2, -0.15) is 0 Å². The Morgan fingerprint density at radius 3 is 2.48 bits per heavy atom. The molecule has 1 saturated heterocycles. The fourth-order valence-corrected chi connectivity index (χ4v) is 3.03. The third-order valence-corrected chi connectivity index (χ3v) is 4.31. The van der Waals surface area contributed by atoms with Crippen molar-refractivity contribution in [2.24, 2.45) is 0 Å². The molecule has 0 unspecified atom stereocenters. The fraction of sp³-hybridized carbons (Fsp3) is 0.316. The van der Waals surface area contributed by atoms with Gasteiger partial charge in [0.2, 0.25) is 5.91 Å². The smallest absolute Gasteiger partial charge is 0.227 e. The average molecular weight is 309 g/mol. The van der Waals surface area contributed by atoms with E-state index in [1.165, 1.54) is 11.3 Å². The molecule has 0 spiro atoms.